The molecule has 0 saturated carbocycles. The van der Waals surface area contributed by atoms with Crippen LogP contribution in [0.3, 0.4) is 0 Å². The summed E-state index contributed by atoms with van der Waals surface area (Å²) >= 11 is 1.29. The Morgan fingerprint density at radius 1 is 1.04 bits per heavy atom. The van der Waals surface area contributed by atoms with E-state index in [-0.39, 0.29) is 5.69 Å². The summed E-state index contributed by atoms with van der Waals surface area (Å²) in [5.41, 5.74) is 0.706. The highest BCUT2D eigenvalue weighted by molar-refractivity contribution is 7.09. The van der Waals surface area contributed by atoms with Gasteiger partial charge in [0.15, 0.2) is 17.5 Å². The fourth-order valence-electron chi connectivity index (χ4n) is 2.08. The van der Waals surface area contributed by atoms with E-state index in [2.05, 4.69) is 10.3 Å². The average Bonchev–Trinajstić information content (AvgIpc) is 3.05. The third kappa shape index (κ3) is 3.46. The smallest absolute Gasteiger partial charge is 0.275 e. The molecule has 0 atom stereocenters. The quantitative estimate of drug-likeness (QED) is 0.710. The van der Waals surface area contributed by atoms with Crippen molar-refractivity contribution in [3.05, 3.63) is 81.6 Å². The molecule has 0 fully saturated rings. The van der Waals surface area contributed by atoms with Gasteiger partial charge in [-0.15, -0.1) is 11.3 Å². The third-order valence-electron chi connectivity index (χ3n) is 3.27. The van der Waals surface area contributed by atoms with Gasteiger partial charge in [-0.25, -0.2) is 18.2 Å². The van der Waals surface area contributed by atoms with E-state index in [9.17, 15) is 18.0 Å². The second-order valence-corrected chi connectivity index (χ2v) is 5.91. The predicted molar refractivity (Wildman–Crippen MR) is 85.6 cm³/mol. The summed E-state index contributed by atoms with van der Waals surface area (Å²) in [6.45, 7) is 0. The van der Waals surface area contributed by atoms with Gasteiger partial charge in [-0.1, -0.05) is 30.3 Å². The summed E-state index contributed by atoms with van der Waals surface area (Å²) in [4.78, 5) is 16.3. The van der Waals surface area contributed by atoms with Gasteiger partial charge in [-0.05, 0) is 17.7 Å². The van der Waals surface area contributed by atoms with Crippen LogP contribution in [0.1, 0.15) is 21.1 Å². The zero-order valence-electron chi connectivity index (χ0n) is 12.2. The molecule has 3 nitrogen and oxygen atoms in total. The molecule has 0 spiro atoms. The maximum absolute atomic E-state index is 13.6. The highest BCUT2D eigenvalue weighted by Gasteiger charge is 2.17. The normalized spacial score (nSPS) is 10.6. The molecule has 0 saturated heterocycles. The molecule has 0 radical (unpaired) electrons. The highest BCUT2D eigenvalue weighted by atomic mass is 32.1. The first kappa shape index (κ1) is 16.2. The van der Waals surface area contributed by atoms with Gasteiger partial charge in [0.25, 0.3) is 5.91 Å². The summed E-state index contributed by atoms with van der Waals surface area (Å²) in [5, 5.41) is 4.45. The van der Waals surface area contributed by atoms with Crippen molar-refractivity contribution in [3.63, 3.8) is 0 Å². The summed E-state index contributed by atoms with van der Waals surface area (Å²) in [6, 6.07) is 11.3. The molecule has 0 aliphatic carbocycles. The van der Waals surface area contributed by atoms with Crippen LogP contribution in [0.15, 0.2) is 47.8 Å². The Morgan fingerprint density at radius 3 is 2.54 bits per heavy atom. The highest BCUT2D eigenvalue weighted by Crippen LogP contribution is 2.21. The molecular formula is C17H11F3N2OS. The lowest BCUT2D eigenvalue weighted by atomic mass is 10.2. The molecule has 0 aliphatic rings. The number of nitrogens with zero attached hydrogens (tertiary/aromatic N) is 1. The number of nitrogens with one attached hydrogen (secondary N) is 1. The van der Waals surface area contributed by atoms with E-state index >= 15 is 0 Å². The molecule has 3 rings (SSSR count). The molecule has 7 heteroatoms. The molecule has 0 bridgehead atoms. The fraction of sp³-hybridized carbons (Fsp3) is 0.0588. The minimum Gasteiger partial charge on any atom is -0.318 e. The number of thiazole rings is 1. The number of anilines is 1. The van der Waals surface area contributed by atoms with Crippen LogP contribution in [0.25, 0.3) is 0 Å². The van der Waals surface area contributed by atoms with Crippen molar-refractivity contribution in [2.45, 2.75) is 6.42 Å². The van der Waals surface area contributed by atoms with Crippen LogP contribution >= 0.6 is 11.3 Å². The lowest BCUT2D eigenvalue weighted by Crippen LogP contribution is -2.14. The lowest BCUT2D eigenvalue weighted by Gasteiger charge is -2.05. The van der Waals surface area contributed by atoms with Crippen molar-refractivity contribution in [3.8, 4) is 0 Å². The number of hydrogen-bond donors (Lipinski definition) is 1. The molecule has 1 heterocycles. The lowest BCUT2D eigenvalue weighted by molar-refractivity contribution is 0.102. The predicted octanol–water partition coefficient (Wildman–Crippen LogP) is 4.40. The van der Waals surface area contributed by atoms with Crippen molar-refractivity contribution in [1.82, 2.24) is 4.98 Å². The second kappa shape index (κ2) is 6.84. The number of benzene rings is 2. The summed E-state index contributed by atoms with van der Waals surface area (Å²) in [6.07, 6.45) is 0.568. The molecule has 1 amide bonds. The third-order valence-corrected chi connectivity index (χ3v) is 4.11. The van der Waals surface area contributed by atoms with Crippen LogP contribution in [-0.2, 0) is 6.42 Å². The van der Waals surface area contributed by atoms with Crippen molar-refractivity contribution in [2.75, 3.05) is 5.32 Å². The number of rotatable bonds is 4. The van der Waals surface area contributed by atoms with Crippen molar-refractivity contribution in [2.24, 2.45) is 0 Å². The fourth-order valence-corrected chi connectivity index (χ4v) is 2.88. The molecule has 1 N–H and O–H groups in total. The standard InChI is InChI=1S/C17H11F3N2OS/c18-11-6-7-12(16(20)15(11)19)22-17(23)13-9-24-14(21-13)8-10-4-2-1-3-5-10/h1-7,9H,8H2,(H,22,23). The maximum Gasteiger partial charge on any atom is 0.275 e. The molecule has 0 aliphatic heterocycles. The molecule has 1 aromatic heterocycles. The number of carbonyl (C=O) groups is 1. The summed E-state index contributed by atoms with van der Waals surface area (Å²) in [7, 11) is 0. The van der Waals surface area contributed by atoms with Crippen LogP contribution in [0.4, 0.5) is 18.9 Å². The number of amides is 1. The minimum absolute atomic E-state index is 0.0927. The Morgan fingerprint density at radius 2 is 1.79 bits per heavy atom. The zero-order valence-corrected chi connectivity index (χ0v) is 13.0. The van der Waals surface area contributed by atoms with Crippen LogP contribution in [-0.4, -0.2) is 10.9 Å². The van der Waals surface area contributed by atoms with Gasteiger partial charge in [0.1, 0.15) is 5.69 Å². The Kier molecular flexibility index (Phi) is 4.61. The van der Waals surface area contributed by atoms with E-state index in [1.54, 1.807) is 0 Å². The van der Waals surface area contributed by atoms with Crippen LogP contribution in [0, 0.1) is 17.5 Å². The summed E-state index contributed by atoms with van der Waals surface area (Å²) < 4.78 is 39.7. The first-order valence-electron chi connectivity index (χ1n) is 6.98. The van der Waals surface area contributed by atoms with Crippen LogP contribution in [0.5, 0.6) is 0 Å². The van der Waals surface area contributed by atoms with E-state index in [4.69, 9.17) is 0 Å². The van der Waals surface area contributed by atoms with Gasteiger partial charge in [0.2, 0.25) is 0 Å². The van der Waals surface area contributed by atoms with Gasteiger partial charge in [0, 0.05) is 11.8 Å². The minimum atomic E-state index is -1.63. The largest absolute Gasteiger partial charge is 0.318 e. The number of aromatic nitrogens is 1. The molecule has 3 aromatic rings. The Bertz CT molecular complexity index is 881. The zero-order chi connectivity index (χ0) is 17.1. The number of carbonyl (C=O) groups excluding carboxylic acids is 1. The van der Waals surface area contributed by atoms with Crippen molar-refractivity contribution < 1.29 is 18.0 Å². The topological polar surface area (TPSA) is 42.0 Å². The first-order chi connectivity index (χ1) is 11.5. The van der Waals surface area contributed by atoms with Gasteiger partial charge >= 0.3 is 0 Å². The van der Waals surface area contributed by atoms with Crippen molar-refractivity contribution >= 4 is 22.9 Å². The molecular weight excluding hydrogens is 337 g/mol. The van der Waals surface area contributed by atoms with Crippen LogP contribution in [0.2, 0.25) is 0 Å². The summed E-state index contributed by atoms with van der Waals surface area (Å²) in [5.74, 6) is -5.07. The van der Waals surface area contributed by atoms with E-state index in [1.165, 1.54) is 16.7 Å². The molecule has 2 aromatic carbocycles. The number of halogens is 3. The maximum atomic E-state index is 13.6. The van der Waals surface area contributed by atoms with Gasteiger partial charge in [0.05, 0.1) is 10.7 Å². The second-order valence-electron chi connectivity index (χ2n) is 4.97. The van der Waals surface area contributed by atoms with Gasteiger partial charge in [-0.3, -0.25) is 4.79 Å². The monoisotopic (exact) mass is 348 g/mol. The SMILES string of the molecule is O=C(Nc1ccc(F)c(F)c1F)c1csc(Cc2ccccc2)n1. The van der Waals surface area contributed by atoms with E-state index in [0.29, 0.717) is 6.42 Å². The molecule has 24 heavy (non-hydrogen) atoms. The first-order valence-corrected chi connectivity index (χ1v) is 7.85. The van der Waals surface area contributed by atoms with Gasteiger partial charge in [-0.2, -0.15) is 0 Å². The molecule has 0 unspecified atom stereocenters. The van der Waals surface area contributed by atoms with Crippen molar-refractivity contribution in [1.29, 1.82) is 0 Å². The van der Waals surface area contributed by atoms with E-state index in [1.807, 2.05) is 30.3 Å². The Labute approximate surface area is 139 Å². The van der Waals surface area contributed by atoms with E-state index in [0.717, 1.165) is 22.7 Å². The van der Waals surface area contributed by atoms with Gasteiger partial charge < -0.3 is 5.32 Å². The van der Waals surface area contributed by atoms with E-state index < -0.39 is 29.0 Å². The Hall–Kier alpha value is -2.67. The Balaban J connectivity index is 1.73. The molecule has 122 valence electrons. The van der Waals surface area contributed by atoms with Crippen LogP contribution < -0.4 is 5.32 Å². The number of hydrogen-bond acceptors (Lipinski definition) is 3. The average molecular weight is 348 g/mol.